The van der Waals surface area contributed by atoms with E-state index in [1.165, 1.54) is 30.6 Å². The van der Waals surface area contributed by atoms with Crippen LogP contribution in [0.15, 0.2) is 46.5 Å². The first-order valence-electron chi connectivity index (χ1n) is 16.7. The fraction of sp³-hybridized carbons (Fsp3) is 0.559. The number of ether oxygens (including phenoxy) is 3. The molecular weight excluding hydrogens is 682 g/mol. The van der Waals surface area contributed by atoms with E-state index in [2.05, 4.69) is 48.1 Å². The number of hydrogen-bond donors (Lipinski definition) is 1. The Kier molecular flexibility index (Phi) is 14.6. The maximum Gasteiger partial charge on any atom is 0.419 e. The van der Waals surface area contributed by atoms with Gasteiger partial charge in [0.15, 0.2) is 0 Å². The van der Waals surface area contributed by atoms with Crippen molar-refractivity contribution in [2.45, 2.75) is 78.1 Å². The van der Waals surface area contributed by atoms with E-state index in [-0.39, 0.29) is 18.5 Å². The van der Waals surface area contributed by atoms with Gasteiger partial charge in [0.25, 0.3) is 0 Å². The van der Waals surface area contributed by atoms with E-state index in [1.54, 1.807) is 24.9 Å². The number of nitrogens with one attached hydrogen (secondary N) is 1. The quantitative estimate of drug-likeness (QED) is 0.0884. The summed E-state index contributed by atoms with van der Waals surface area (Å²) in [5.41, 5.74) is 2.94. The Labute approximate surface area is 290 Å². The summed E-state index contributed by atoms with van der Waals surface area (Å²) in [5.74, 6) is -1.44. The lowest BCUT2D eigenvalue weighted by Crippen LogP contribution is -2.39. The first-order chi connectivity index (χ1) is 23.3. The summed E-state index contributed by atoms with van der Waals surface area (Å²) in [5, 5.41) is 3.15. The zero-order valence-electron chi connectivity index (χ0n) is 28.0. The standard InChI is InChI=1S/C34H46BrN7O6/c1-4-6-7-8-9-10-11-12-29(43)46-21-24(19-25-20-36-22-41(25)3)26(5-2)32(44)47-23-48-34(45)42-18-17-39-33(42)40-27-13-14-28-31(30(27)35)38-16-15-37-28/h13-16,20,22,24,26H,4-12,17-19,21,23H2,1-3H3,(H,39,40)/t24?,26-/m0/s1. The topological polar surface area (TPSA) is 150 Å². The number of hydrogen-bond acceptors (Lipinski definition) is 11. The summed E-state index contributed by atoms with van der Waals surface area (Å²) in [6, 6.07) is 3.63. The molecule has 2 atom stereocenters. The van der Waals surface area contributed by atoms with Gasteiger partial charge >= 0.3 is 18.0 Å². The van der Waals surface area contributed by atoms with Crippen molar-refractivity contribution in [2.75, 3.05) is 31.8 Å². The first-order valence-corrected chi connectivity index (χ1v) is 17.5. The molecule has 0 fully saturated rings. The molecule has 1 unspecified atom stereocenters. The lowest BCUT2D eigenvalue weighted by atomic mass is 9.87. The second kappa shape index (κ2) is 19.1. The Morgan fingerprint density at radius 1 is 1.00 bits per heavy atom. The van der Waals surface area contributed by atoms with Crippen LogP contribution in [0.3, 0.4) is 0 Å². The number of imidazole rings is 1. The van der Waals surface area contributed by atoms with E-state index in [9.17, 15) is 14.4 Å². The number of carbonyl (C=O) groups is 3. The lowest BCUT2D eigenvalue weighted by molar-refractivity contribution is -0.162. The van der Waals surface area contributed by atoms with Gasteiger partial charge in [-0.3, -0.25) is 24.5 Å². The molecule has 14 heteroatoms. The number of fused-ring (bicyclic) bond motifs is 1. The summed E-state index contributed by atoms with van der Waals surface area (Å²) >= 11 is 3.56. The number of anilines is 1. The van der Waals surface area contributed by atoms with Gasteiger partial charge < -0.3 is 24.1 Å². The van der Waals surface area contributed by atoms with Crippen LogP contribution in [-0.4, -0.2) is 74.9 Å². The highest BCUT2D eigenvalue weighted by molar-refractivity contribution is 9.10. The van der Waals surface area contributed by atoms with Crippen LogP contribution in [0.4, 0.5) is 10.5 Å². The number of aromatic nitrogens is 4. The number of nitrogens with zero attached hydrogens (tertiary/aromatic N) is 6. The van der Waals surface area contributed by atoms with E-state index >= 15 is 0 Å². The minimum Gasteiger partial charge on any atom is -0.465 e. The van der Waals surface area contributed by atoms with Crippen molar-refractivity contribution in [3.05, 3.63) is 47.2 Å². The smallest absolute Gasteiger partial charge is 0.419 e. The number of aryl methyl sites for hydroxylation is 1. The lowest BCUT2D eigenvalue weighted by Gasteiger charge is -2.25. The van der Waals surface area contributed by atoms with Crippen molar-refractivity contribution in [1.82, 2.24) is 24.4 Å². The van der Waals surface area contributed by atoms with Gasteiger partial charge in [0, 0.05) is 43.7 Å². The molecule has 260 valence electrons. The highest BCUT2D eigenvalue weighted by atomic mass is 79.9. The number of unbranched alkanes of at least 4 members (excludes halogenated alkanes) is 6. The van der Waals surface area contributed by atoms with Crippen LogP contribution >= 0.6 is 15.9 Å². The van der Waals surface area contributed by atoms with Crippen LogP contribution in [0.25, 0.3) is 11.0 Å². The van der Waals surface area contributed by atoms with Crippen molar-refractivity contribution in [2.24, 2.45) is 23.9 Å². The molecule has 3 aromatic rings. The summed E-state index contributed by atoms with van der Waals surface area (Å²) in [6.07, 6.45) is 15.0. The van der Waals surface area contributed by atoms with E-state index in [0.29, 0.717) is 54.0 Å². The Balaban J connectivity index is 1.28. The molecule has 1 amide bonds. The SMILES string of the molecule is CCCCCCCCCC(=O)OCC(Cc1cncn1C)[C@H](CC)C(=O)OCOC(=O)N1CCN=C1Nc1ccc2nccnc2c1Br. The molecule has 1 aliphatic rings. The predicted octanol–water partition coefficient (Wildman–Crippen LogP) is 6.42. The van der Waals surface area contributed by atoms with E-state index in [4.69, 9.17) is 14.2 Å². The molecule has 4 rings (SSSR count). The van der Waals surface area contributed by atoms with E-state index in [1.807, 2.05) is 30.7 Å². The highest BCUT2D eigenvalue weighted by Gasteiger charge is 2.32. The van der Waals surface area contributed by atoms with Gasteiger partial charge in [0.2, 0.25) is 12.8 Å². The predicted molar refractivity (Wildman–Crippen MR) is 185 cm³/mol. The van der Waals surface area contributed by atoms with Crippen molar-refractivity contribution in [1.29, 1.82) is 0 Å². The molecule has 0 saturated carbocycles. The summed E-state index contributed by atoms with van der Waals surface area (Å²) in [6.45, 7) is 4.26. The molecule has 0 spiro atoms. The molecule has 48 heavy (non-hydrogen) atoms. The third-order valence-corrected chi connectivity index (χ3v) is 9.22. The zero-order valence-corrected chi connectivity index (χ0v) is 29.6. The zero-order chi connectivity index (χ0) is 34.3. The van der Waals surface area contributed by atoms with Crippen LogP contribution in [0.1, 0.15) is 77.3 Å². The van der Waals surface area contributed by atoms with Crippen LogP contribution in [0.2, 0.25) is 0 Å². The summed E-state index contributed by atoms with van der Waals surface area (Å²) in [4.78, 5) is 57.5. The number of amides is 1. The number of aliphatic imine (C=N–C) groups is 1. The first kappa shape index (κ1) is 36.8. The number of esters is 2. The second-order valence-corrected chi connectivity index (χ2v) is 12.6. The van der Waals surface area contributed by atoms with Gasteiger partial charge in [-0.2, -0.15) is 0 Å². The molecule has 13 nitrogen and oxygen atoms in total. The average molecular weight is 729 g/mol. The maximum atomic E-state index is 13.3. The molecule has 1 N–H and O–H groups in total. The Hall–Kier alpha value is -4.07. The number of carbonyl (C=O) groups excluding carboxylic acids is 3. The third kappa shape index (κ3) is 10.5. The van der Waals surface area contributed by atoms with Gasteiger partial charge in [-0.1, -0.05) is 52.4 Å². The molecular formula is C34H46BrN7O6. The number of rotatable bonds is 18. The third-order valence-electron chi connectivity index (χ3n) is 8.41. The summed E-state index contributed by atoms with van der Waals surface area (Å²) < 4.78 is 19.0. The minimum absolute atomic E-state index is 0.0725. The van der Waals surface area contributed by atoms with Crippen LogP contribution in [0, 0.1) is 11.8 Å². The molecule has 2 aromatic heterocycles. The monoisotopic (exact) mass is 727 g/mol. The fourth-order valence-electron chi connectivity index (χ4n) is 5.63. The van der Waals surface area contributed by atoms with Crippen molar-refractivity contribution in [3.8, 4) is 0 Å². The largest absolute Gasteiger partial charge is 0.465 e. The van der Waals surface area contributed by atoms with Crippen molar-refractivity contribution < 1.29 is 28.6 Å². The van der Waals surface area contributed by atoms with Gasteiger partial charge in [-0.25, -0.2) is 14.7 Å². The van der Waals surface area contributed by atoms with Crippen LogP contribution in [-0.2, 0) is 37.3 Å². The van der Waals surface area contributed by atoms with Gasteiger partial charge in [-0.15, -0.1) is 0 Å². The number of halogens is 1. The van der Waals surface area contributed by atoms with Gasteiger partial charge in [-0.05, 0) is 47.3 Å². The van der Waals surface area contributed by atoms with E-state index in [0.717, 1.165) is 30.5 Å². The highest BCUT2D eigenvalue weighted by Crippen LogP contribution is 2.30. The van der Waals surface area contributed by atoms with Crippen molar-refractivity contribution in [3.63, 3.8) is 0 Å². The second-order valence-electron chi connectivity index (χ2n) is 11.9. The normalized spacial score (nSPS) is 14.0. The molecule has 0 radical (unpaired) electrons. The maximum absolute atomic E-state index is 13.3. The Bertz CT molecular complexity index is 1550. The Morgan fingerprint density at radius 2 is 1.77 bits per heavy atom. The Morgan fingerprint density at radius 3 is 2.52 bits per heavy atom. The van der Waals surface area contributed by atoms with Gasteiger partial charge in [0.1, 0.15) is 5.52 Å². The van der Waals surface area contributed by atoms with Crippen LogP contribution < -0.4 is 5.32 Å². The van der Waals surface area contributed by atoms with Crippen molar-refractivity contribution >= 4 is 56.6 Å². The molecule has 1 aromatic carbocycles. The minimum atomic E-state index is -0.706. The summed E-state index contributed by atoms with van der Waals surface area (Å²) in [7, 11) is 1.88. The van der Waals surface area contributed by atoms with Crippen LogP contribution in [0.5, 0.6) is 0 Å². The van der Waals surface area contributed by atoms with Gasteiger partial charge in [0.05, 0.1) is 47.6 Å². The van der Waals surface area contributed by atoms with E-state index < -0.39 is 24.8 Å². The molecule has 0 saturated heterocycles. The molecule has 3 heterocycles. The average Bonchev–Trinajstić information content (AvgIpc) is 3.73. The molecule has 0 bridgehead atoms. The fourth-order valence-corrected chi connectivity index (χ4v) is 6.17. The molecule has 0 aliphatic carbocycles. The number of guanidine groups is 1. The number of benzene rings is 1. The molecule has 1 aliphatic heterocycles.